The van der Waals surface area contributed by atoms with Crippen molar-refractivity contribution in [3.63, 3.8) is 0 Å². The predicted molar refractivity (Wildman–Crippen MR) is 193 cm³/mol. The van der Waals surface area contributed by atoms with Crippen molar-refractivity contribution < 1.29 is 37.9 Å². The Labute approximate surface area is 288 Å². The van der Waals surface area contributed by atoms with Gasteiger partial charge in [-0.25, -0.2) is 4.57 Å². The fraction of sp³-hybridized carbons (Fsp3) is 0.842. The molecule has 0 aliphatic carbocycles. The topological polar surface area (TPSA) is 119 Å². The first-order valence-corrected chi connectivity index (χ1v) is 20.7. The van der Waals surface area contributed by atoms with Crippen molar-refractivity contribution in [3.05, 3.63) is 24.3 Å². The number of hydrogen-bond donors (Lipinski definition) is 2. The van der Waals surface area contributed by atoms with Gasteiger partial charge in [-0.3, -0.25) is 14.1 Å². The van der Waals surface area contributed by atoms with E-state index in [4.69, 9.17) is 19.3 Å². The number of allylic oxidation sites excluding steroid dienone is 4. The van der Waals surface area contributed by atoms with Crippen molar-refractivity contribution in [2.75, 3.05) is 13.2 Å². The van der Waals surface area contributed by atoms with Crippen LogP contribution in [0.5, 0.6) is 0 Å². The van der Waals surface area contributed by atoms with E-state index in [-0.39, 0.29) is 19.4 Å². The molecule has 1 unspecified atom stereocenters. The minimum absolute atomic E-state index is 0.198. The van der Waals surface area contributed by atoms with Gasteiger partial charge in [0.25, 0.3) is 0 Å². The van der Waals surface area contributed by atoms with Gasteiger partial charge in [-0.15, -0.1) is 0 Å². The molecule has 2 N–H and O–H groups in total. The summed E-state index contributed by atoms with van der Waals surface area (Å²) in [4.78, 5) is 42.7. The van der Waals surface area contributed by atoms with E-state index in [1.54, 1.807) is 0 Å². The molecule has 0 rings (SSSR count). The highest BCUT2D eigenvalue weighted by molar-refractivity contribution is 7.46. The lowest BCUT2D eigenvalue weighted by Gasteiger charge is -2.18. The third-order valence-corrected chi connectivity index (χ3v) is 8.71. The van der Waals surface area contributed by atoms with E-state index in [2.05, 4.69) is 42.7 Å². The molecule has 0 aliphatic heterocycles. The van der Waals surface area contributed by atoms with Crippen LogP contribution in [0.4, 0.5) is 0 Å². The summed E-state index contributed by atoms with van der Waals surface area (Å²) >= 11 is 0. The molecule has 0 bridgehead atoms. The molecule has 0 heterocycles. The highest BCUT2D eigenvalue weighted by Gasteiger charge is 2.22. The molecule has 0 saturated carbocycles. The fourth-order valence-corrected chi connectivity index (χ4v) is 5.70. The predicted octanol–water partition coefficient (Wildman–Crippen LogP) is 11.2. The zero-order chi connectivity index (χ0) is 34.7. The average Bonchev–Trinajstić information content (AvgIpc) is 3.03. The lowest BCUT2D eigenvalue weighted by atomic mass is 10.0. The Hall–Kier alpha value is -1.47. The molecule has 0 fully saturated rings. The summed E-state index contributed by atoms with van der Waals surface area (Å²) in [6.45, 7) is 3.64. The van der Waals surface area contributed by atoms with Crippen LogP contribution >= 0.6 is 7.82 Å². The summed E-state index contributed by atoms with van der Waals surface area (Å²) in [7, 11) is -4.75. The van der Waals surface area contributed by atoms with Gasteiger partial charge in [0, 0.05) is 12.8 Å². The van der Waals surface area contributed by atoms with E-state index in [0.29, 0.717) is 6.42 Å². The van der Waals surface area contributed by atoms with Gasteiger partial charge >= 0.3 is 19.8 Å². The normalized spacial score (nSPS) is 12.7. The number of esters is 2. The van der Waals surface area contributed by atoms with Gasteiger partial charge in [-0.2, -0.15) is 0 Å². The van der Waals surface area contributed by atoms with Crippen molar-refractivity contribution in [1.82, 2.24) is 0 Å². The van der Waals surface area contributed by atoms with Gasteiger partial charge in [0.05, 0.1) is 6.61 Å². The maximum atomic E-state index is 12.3. The van der Waals surface area contributed by atoms with Crippen molar-refractivity contribution in [2.45, 2.75) is 193 Å². The van der Waals surface area contributed by atoms with Crippen molar-refractivity contribution in [2.24, 2.45) is 0 Å². The first-order valence-electron chi connectivity index (χ1n) is 19.1. The maximum Gasteiger partial charge on any atom is 0.469 e. The summed E-state index contributed by atoms with van der Waals surface area (Å²) in [5.74, 6) is -0.895. The van der Waals surface area contributed by atoms with Crippen LogP contribution in [0, 0.1) is 0 Å². The van der Waals surface area contributed by atoms with E-state index < -0.39 is 32.5 Å². The van der Waals surface area contributed by atoms with Gasteiger partial charge < -0.3 is 19.3 Å². The van der Waals surface area contributed by atoms with Crippen LogP contribution in [-0.4, -0.2) is 41.0 Å². The summed E-state index contributed by atoms with van der Waals surface area (Å²) < 4.78 is 26.3. The molecule has 276 valence electrons. The second kappa shape index (κ2) is 34.4. The Kier molecular flexibility index (Phi) is 33.3. The Morgan fingerprint density at radius 3 is 1.45 bits per heavy atom. The lowest BCUT2D eigenvalue weighted by Crippen LogP contribution is -2.29. The molecule has 0 aliphatic rings. The molecule has 8 nitrogen and oxygen atoms in total. The molecule has 0 spiro atoms. The zero-order valence-electron chi connectivity index (χ0n) is 30.2. The molecule has 0 saturated heterocycles. The number of carbonyl (C=O) groups excluding carboxylic acids is 2. The van der Waals surface area contributed by atoms with Crippen LogP contribution in [0.15, 0.2) is 24.3 Å². The zero-order valence-corrected chi connectivity index (χ0v) is 31.1. The van der Waals surface area contributed by atoms with Crippen LogP contribution in [0.3, 0.4) is 0 Å². The number of carbonyl (C=O) groups is 2. The molecule has 1 atom stereocenters. The third kappa shape index (κ3) is 37.2. The quantitative estimate of drug-likeness (QED) is 0.0292. The second-order valence-corrected chi connectivity index (χ2v) is 14.1. The number of ether oxygens (including phenoxy) is 2. The standard InChI is InChI=1S/C38H71O8P/c1-3-5-7-9-11-13-15-17-19-21-23-25-27-29-31-33-38(40)46-36(35-45-47(41,42)43)34-44-37(39)32-30-28-26-24-22-20-18-16-14-12-10-8-6-4-2/h11,13,17,19,36H,3-10,12,14-16,18,20-35H2,1-2H3,(H2,41,42,43)/b13-11-,19-17-. The van der Waals surface area contributed by atoms with E-state index in [1.807, 2.05) is 0 Å². The Bertz CT molecular complexity index is 823. The van der Waals surface area contributed by atoms with Gasteiger partial charge in [0.1, 0.15) is 6.61 Å². The smallest absolute Gasteiger partial charge is 0.462 e. The number of phosphoric acid groups is 1. The van der Waals surface area contributed by atoms with E-state index >= 15 is 0 Å². The molecule has 0 aromatic heterocycles. The van der Waals surface area contributed by atoms with Crippen molar-refractivity contribution in [1.29, 1.82) is 0 Å². The molecule has 0 aromatic rings. The number of phosphoric ester groups is 1. The molecule has 0 radical (unpaired) electrons. The number of rotatable bonds is 35. The van der Waals surface area contributed by atoms with Gasteiger partial charge in [-0.05, 0) is 44.9 Å². The highest BCUT2D eigenvalue weighted by Crippen LogP contribution is 2.36. The molecule has 47 heavy (non-hydrogen) atoms. The Morgan fingerprint density at radius 1 is 0.553 bits per heavy atom. The van der Waals surface area contributed by atoms with Crippen LogP contribution < -0.4 is 0 Å². The largest absolute Gasteiger partial charge is 0.469 e. The number of hydrogen-bond acceptors (Lipinski definition) is 6. The highest BCUT2D eigenvalue weighted by atomic mass is 31.2. The summed E-state index contributed by atoms with van der Waals surface area (Å²) in [6.07, 6.45) is 37.5. The minimum Gasteiger partial charge on any atom is -0.462 e. The van der Waals surface area contributed by atoms with E-state index in [9.17, 15) is 14.2 Å². The molecule has 9 heteroatoms. The first-order chi connectivity index (χ1) is 22.8. The second-order valence-electron chi connectivity index (χ2n) is 12.9. The van der Waals surface area contributed by atoms with E-state index in [0.717, 1.165) is 57.8 Å². The van der Waals surface area contributed by atoms with Crippen LogP contribution in [0.1, 0.15) is 187 Å². The monoisotopic (exact) mass is 686 g/mol. The fourth-order valence-electron chi connectivity index (χ4n) is 5.34. The maximum absolute atomic E-state index is 12.3. The van der Waals surface area contributed by atoms with Crippen molar-refractivity contribution >= 4 is 19.8 Å². The van der Waals surface area contributed by atoms with Crippen LogP contribution in [0.25, 0.3) is 0 Å². The summed E-state index contributed by atoms with van der Waals surface area (Å²) in [5.41, 5.74) is 0. The lowest BCUT2D eigenvalue weighted by molar-refractivity contribution is -0.161. The Balaban J connectivity index is 3.97. The average molecular weight is 687 g/mol. The molecule has 0 aromatic carbocycles. The van der Waals surface area contributed by atoms with Crippen LogP contribution in [0.2, 0.25) is 0 Å². The molecule has 0 amide bonds. The van der Waals surface area contributed by atoms with E-state index in [1.165, 1.54) is 96.3 Å². The van der Waals surface area contributed by atoms with Gasteiger partial charge in [0.15, 0.2) is 6.10 Å². The van der Waals surface area contributed by atoms with Crippen LogP contribution in [-0.2, 0) is 28.2 Å². The third-order valence-electron chi connectivity index (χ3n) is 8.22. The molecular formula is C38H71O8P. The molecular weight excluding hydrogens is 615 g/mol. The minimum atomic E-state index is -4.75. The Morgan fingerprint density at radius 2 is 0.957 bits per heavy atom. The van der Waals surface area contributed by atoms with Crippen molar-refractivity contribution in [3.8, 4) is 0 Å². The summed E-state index contributed by atoms with van der Waals surface area (Å²) in [6, 6.07) is 0. The van der Waals surface area contributed by atoms with Gasteiger partial charge in [0.2, 0.25) is 0 Å². The van der Waals surface area contributed by atoms with Gasteiger partial charge in [-0.1, -0.05) is 154 Å². The number of unbranched alkanes of at least 4 members (excludes halogenated alkanes) is 21. The summed E-state index contributed by atoms with van der Waals surface area (Å²) in [5, 5.41) is 0. The SMILES string of the molecule is CCCCC/C=C\C/C=C\CCCCCCCC(=O)OC(COC(=O)CCCCCCCCCCCCCCCC)COP(=O)(O)O. The first kappa shape index (κ1) is 45.5.